The van der Waals surface area contributed by atoms with E-state index in [0.717, 1.165) is 5.56 Å². The molecule has 0 aliphatic carbocycles. The van der Waals surface area contributed by atoms with Crippen LogP contribution in [0.15, 0.2) is 48.9 Å². The van der Waals surface area contributed by atoms with Crippen molar-refractivity contribution in [2.24, 2.45) is 5.73 Å². The fraction of sp³-hybridized carbons (Fsp3) is 0. The summed E-state index contributed by atoms with van der Waals surface area (Å²) in [5.41, 5.74) is 8.77. The Labute approximate surface area is 161 Å². The van der Waals surface area contributed by atoms with E-state index in [2.05, 4.69) is 19.9 Å². The third-order valence-electron chi connectivity index (χ3n) is 3.98. The number of H-pyrrole nitrogens is 1. The van der Waals surface area contributed by atoms with E-state index in [4.69, 9.17) is 5.73 Å². The summed E-state index contributed by atoms with van der Waals surface area (Å²) in [7, 11) is 0. The van der Waals surface area contributed by atoms with E-state index in [1.807, 2.05) is 0 Å². The van der Waals surface area contributed by atoms with Crippen LogP contribution in [0.3, 0.4) is 0 Å². The highest BCUT2D eigenvalue weighted by Gasteiger charge is 2.14. The minimum atomic E-state index is -0.642. The molecule has 1 aromatic carbocycles. The Balaban J connectivity index is 1.65. The molecule has 3 aromatic heterocycles. The van der Waals surface area contributed by atoms with Gasteiger partial charge in [0.2, 0.25) is 11.7 Å². The normalized spacial score (nSPS) is 11.3. The highest BCUT2D eigenvalue weighted by molar-refractivity contribution is 7.12. The summed E-state index contributed by atoms with van der Waals surface area (Å²) < 4.78 is 13.0. The van der Waals surface area contributed by atoms with E-state index in [9.17, 15) is 14.0 Å². The summed E-state index contributed by atoms with van der Waals surface area (Å²) >= 11 is 0.709. The van der Waals surface area contributed by atoms with Crippen molar-refractivity contribution in [3.63, 3.8) is 0 Å². The zero-order valence-corrected chi connectivity index (χ0v) is 15.0. The van der Waals surface area contributed by atoms with Crippen molar-refractivity contribution in [3.8, 4) is 11.3 Å². The van der Waals surface area contributed by atoms with Crippen molar-refractivity contribution < 1.29 is 14.0 Å². The number of benzene rings is 1. The van der Waals surface area contributed by atoms with E-state index < -0.39 is 11.2 Å². The largest absolute Gasteiger partial charge is 0.366 e. The zero-order valence-electron chi connectivity index (χ0n) is 14.2. The van der Waals surface area contributed by atoms with Gasteiger partial charge in [-0.2, -0.15) is 4.39 Å². The minimum absolute atomic E-state index is 0.240. The predicted molar refractivity (Wildman–Crippen MR) is 103 cm³/mol. The van der Waals surface area contributed by atoms with Gasteiger partial charge in [-0.1, -0.05) is 35.6 Å². The van der Waals surface area contributed by atoms with Crippen molar-refractivity contribution >= 4 is 40.3 Å². The highest BCUT2D eigenvalue weighted by atomic mass is 32.1. The predicted octanol–water partition coefficient (Wildman–Crippen LogP) is 2.95. The van der Waals surface area contributed by atoms with Crippen molar-refractivity contribution in [2.75, 3.05) is 0 Å². The topological polar surface area (TPSA) is 115 Å². The number of amides is 1. The van der Waals surface area contributed by atoms with E-state index in [-0.39, 0.29) is 10.7 Å². The van der Waals surface area contributed by atoms with Crippen LogP contribution in [0.5, 0.6) is 0 Å². The molecule has 138 valence electrons. The summed E-state index contributed by atoms with van der Waals surface area (Å²) in [5, 5.41) is -0.642. The van der Waals surface area contributed by atoms with Gasteiger partial charge in [-0.15, -0.1) is 0 Å². The van der Waals surface area contributed by atoms with Gasteiger partial charge in [0.25, 0.3) is 5.26 Å². The molecule has 0 spiro atoms. The first kappa shape index (κ1) is 17.7. The fourth-order valence-corrected chi connectivity index (χ4v) is 3.24. The van der Waals surface area contributed by atoms with Gasteiger partial charge in [-0.05, 0) is 6.08 Å². The van der Waals surface area contributed by atoms with Gasteiger partial charge in [0.15, 0.2) is 5.65 Å². The van der Waals surface area contributed by atoms with Crippen LogP contribution < -0.4 is 5.73 Å². The molecule has 0 aliphatic rings. The Morgan fingerprint density at radius 3 is 2.61 bits per heavy atom. The number of hydrogen-bond acceptors (Lipinski definition) is 6. The monoisotopic (exact) mass is 393 g/mol. The molecule has 0 aliphatic heterocycles. The zero-order chi connectivity index (χ0) is 19.7. The number of rotatable bonds is 5. The maximum atomic E-state index is 13.0. The van der Waals surface area contributed by atoms with Crippen LogP contribution >= 0.6 is 11.3 Å². The first-order chi connectivity index (χ1) is 13.5. The number of primary amides is 1. The third kappa shape index (κ3) is 3.42. The van der Waals surface area contributed by atoms with Gasteiger partial charge in [0, 0.05) is 29.0 Å². The van der Waals surface area contributed by atoms with Crippen LogP contribution in [0, 0.1) is 5.26 Å². The number of hydrogen-bond donors (Lipinski definition) is 2. The molecule has 4 aromatic rings. The first-order valence-electron chi connectivity index (χ1n) is 8.09. The Hall–Kier alpha value is -3.72. The Morgan fingerprint density at radius 2 is 1.93 bits per heavy atom. The molecule has 0 atom stereocenters. The second-order valence-corrected chi connectivity index (χ2v) is 6.80. The Morgan fingerprint density at radius 1 is 1.14 bits per heavy atom. The van der Waals surface area contributed by atoms with Crippen LogP contribution in [0.1, 0.15) is 20.8 Å². The molecule has 0 unspecified atom stereocenters. The van der Waals surface area contributed by atoms with Crippen LogP contribution in [0.25, 0.3) is 28.5 Å². The lowest BCUT2D eigenvalue weighted by atomic mass is 10.1. The standard InChI is InChI=1S/C19H12FN5O2S/c20-19-24-9-14(28-19)17(27)11-3-1-10(2-4-11)13-8-23-18-16(25-13)12(7-22-18)5-6-15(21)26/h1-9H,(H2,21,26)(H,22,23). The van der Waals surface area contributed by atoms with E-state index in [1.54, 1.807) is 42.7 Å². The average molecular weight is 393 g/mol. The molecule has 4 rings (SSSR count). The van der Waals surface area contributed by atoms with Crippen LogP contribution in [0.2, 0.25) is 0 Å². The maximum absolute atomic E-state index is 13.0. The molecular formula is C19H12FN5O2S. The highest BCUT2D eigenvalue weighted by Crippen LogP contribution is 2.23. The number of thiazole rings is 1. The van der Waals surface area contributed by atoms with Gasteiger partial charge in [0.1, 0.15) is 5.52 Å². The van der Waals surface area contributed by atoms with E-state index >= 15 is 0 Å². The molecule has 28 heavy (non-hydrogen) atoms. The minimum Gasteiger partial charge on any atom is -0.366 e. The van der Waals surface area contributed by atoms with E-state index in [1.165, 1.54) is 12.3 Å². The van der Waals surface area contributed by atoms with Gasteiger partial charge < -0.3 is 10.7 Å². The number of halogens is 1. The number of aromatic nitrogens is 4. The SMILES string of the molecule is NC(=O)C=Cc1c[nH]c2ncc(-c3ccc(C(=O)c4cnc(F)s4)cc3)nc12. The number of nitrogens with zero attached hydrogens (tertiary/aromatic N) is 3. The smallest absolute Gasteiger partial charge is 0.269 e. The number of aromatic amines is 1. The van der Waals surface area contributed by atoms with Crippen molar-refractivity contribution in [3.05, 3.63) is 70.2 Å². The number of nitrogens with one attached hydrogen (secondary N) is 1. The summed E-state index contributed by atoms with van der Waals surface area (Å²) in [6.07, 6.45) is 7.33. The van der Waals surface area contributed by atoms with Crippen molar-refractivity contribution in [1.29, 1.82) is 0 Å². The molecule has 0 radical (unpaired) electrons. The molecule has 0 saturated carbocycles. The number of carbonyl (C=O) groups excluding carboxylic acids is 2. The number of carbonyl (C=O) groups is 2. The summed E-state index contributed by atoms with van der Waals surface area (Å²) in [6, 6.07) is 6.77. The van der Waals surface area contributed by atoms with Crippen LogP contribution in [-0.2, 0) is 4.79 Å². The van der Waals surface area contributed by atoms with Crippen molar-refractivity contribution in [2.45, 2.75) is 0 Å². The average Bonchev–Trinajstić information content (AvgIpc) is 3.31. The molecule has 3 N–H and O–H groups in total. The molecule has 7 nitrogen and oxygen atoms in total. The van der Waals surface area contributed by atoms with Gasteiger partial charge >= 0.3 is 0 Å². The molecule has 1 amide bonds. The molecule has 9 heteroatoms. The second kappa shape index (κ2) is 7.12. The number of nitrogens with two attached hydrogens (primary N) is 1. The van der Waals surface area contributed by atoms with Gasteiger partial charge in [0.05, 0.1) is 23.0 Å². The lowest BCUT2D eigenvalue weighted by Gasteiger charge is -2.03. The Kier molecular flexibility index (Phi) is 4.50. The number of ketones is 1. The van der Waals surface area contributed by atoms with Gasteiger partial charge in [-0.3, -0.25) is 9.59 Å². The molecular weight excluding hydrogens is 381 g/mol. The number of fused-ring (bicyclic) bond motifs is 1. The summed E-state index contributed by atoms with van der Waals surface area (Å²) in [6.45, 7) is 0. The van der Waals surface area contributed by atoms with Crippen LogP contribution in [0.4, 0.5) is 4.39 Å². The Bertz CT molecular complexity index is 1230. The van der Waals surface area contributed by atoms with Crippen LogP contribution in [-0.4, -0.2) is 31.6 Å². The van der Waals surface area contributed by atoms with Crippen molar-refractivity contribution in [1.82, 2.24) is 19.9 Å². The van der Waals surface area contributed by atoms with E-state index in [0.29, 0.717) is 39.3 Å². The second-order valence-electron chi connectivity index (χ2n) is 5.82. The lowest BCUT2D eigenvalue weighted by molar-refractivity contribution is -0.113. The lowest BCUT2D eigenvalue weighted by Crippen LogP contribution is -2.05. The summed E-state index contributed by atoms with van der Waals surface area (Å²) in [4.78, 5) is 38.9. The molecule has 3 heterocycles. The quantitative estimate of drug-likeness (QED) is 0.400. The maximum Gasteiger partial charge on any atom is 0.269 e. The summed E-state index contributed by atoms with van der Waals surface area (Å²) in [5.74, 6) is -0.849. The molecule has 0 saturated heterocycles. The third-order valence-corrected chi connectivity index (χ3v) is 4.77. The van der Waals surface area contributed by atoms with Gasteiger partial charge in [-0.25, -0.2) is 15.0 Å². The first-order valence-corrected chi connectivity index (χ1v) is 8.91. The molecule has 0 fully saturated rings. The molecule has 0 bridgehead atoms. The fourth-order valence-electron chi connectivity index (χ4n) is 2.64.